The summed E-state index contributed by atoms with van der Waals surface area (Å²) >= 11 is 9.01. The topological polar surface area (TPSA) is 47.8 Å². The van der Waals surface area contributed by atoms with Crippen LogP contribution < -0.4 is 5.56 Å². The van der Waals surface area contributed by atoms with E-state index in [1.54, 1.807) is 18.0 Å². The Hall–Kier alpha value is -2.67. The molecule has 0 aliphatic carbocycles. The van der Waals surface area contributed by atoms with Gasteiger partial charge >= 0.3 is 0 Å². The minimum Gasteiger partial charge on any atom is -0.286 e. The summed E-state index contributed by atoms with van der Waals surface area (Å²) in [6, 6.07) is 21.9. The molecule has 0 saturated carbocycles. The van der Waals surface area contributed by atoms with Gasteiger partial charge in [-0.2, -0.15) is 0 Å². The van der Waals surface area contributed by atoms with Crippen LogP contribution in [-0.2, 0) is 18.7 Å². The van der Waals surface area contributed by atoms with Gasteiger partial charge in [0.15, 0.2) is 5.16 Å². The number of pyridine rings is 1. The number of rotatable bonds is 6. The first kappa shape index (κ1) is 20.2. The average molecular weight is 464 g/mol. The highest BCUT2D eigenvalue weighted by molar-refractivity contribution is 7.98. The number of hydrogen-bond acceptors (Lipinski definition) is 5. The molecule has 0 spiro atoms. The minimum atomic E-state index is 0.00235. The zero-order valence-electron chi connectivity index (χ0n) is 16.5. The van der Waals surface area contributed by atoms with Crippen molar-refractivity contribution >= 4 is 55.1 Å². The molecule has 0 aliphatic rings. The van der Waals surface area contributed by atoms with Gasteiger partial charge in [-0.3, -0.25) is 9.36 Å². The van der Waals surface area contributed by atoms with Crippen molar-refractivity contribution in [1.29, 1.82) is 0 Å². The third kappa shape index (κ3) is 4.24. The maximum atomic E-state index is 13.5. The van der Waals surface area contributed by atoms with Crippen molar-refractivity contribution in [1.82, 2.24) is 14.5 Å². The Balaban J connectivity index is 1.56. The molecule has 0 fully saturated rings. The molecular weight excluding hydrogens is 446 g/mol. The van der Waals surface area contributed by atoms with Crippen molar-refractivity contribution in [3.63, 3.8) is 0 Å². The lowest BCUT2D eigenvalue weighted by Gasteiger charge is -2.12. The van der Waals surface area contributed by atoms with E-state index in [1.807, 2.05) is 59.2 Å². The predicted octanol–water partition coefficient (Wildman–Crippen LogP) is 6.19. The van der Waals surface area contributed by atoms with Crippen LogP contribution in [0.1, 0.15) is 11.1 Å². The third-order valence-electron chi connectivity index (χ3n) is 5.07. The molecule has 4 nitrogen and oxygen atoms in total. The van der Waals surface area contributed by atoms with Crippen molar-refractivity contribution in [3.8, 4) is 0 Å². The standard InChI is InChI=1S/C24H18ClN3OS2/c25-18-10-8-17(9-11-18)15-30-24-27-20-19-7-4-13-26-22(19)31-21(20)23(29)28(24)14-12-16-5-2-1-3-6-16/h1-11,13H,12,14-15H2. The molecule has 5 aromatic rings. The second kappa shape index (κ2) is 8.83. The molecule has 154 valence electrons. The van der Waals surface area contributed by atoms with E-state index >= 15 is 0 Å². The van der Waals surface area contributed by atoms with Crippen LogP contribution in [0.5, 0.6) is 0 Å². The number of aromatic nitrogens is 3. The van der Waals surface area contributed by atoms with E-state index in [4.69, 9.17) is 16.6 Å². The molecule has 0 radical (unpaired) electrons. The second-order valence-corrected chi connectivity index (χ2v) is 9.52. The third-order valence-corrected chi connectivity index (χ3v) is 7.46. The lowest BCUT2D eigenvalue weighted by Crippen LogP contribution is -2.23. The molecule has 0 unspecified atom stereocenters. The van der Waals surface area contributed by atoms with Gasteiger partial charge in [0.05, 0.1) is 5.52 Å². The SMILES string of the molecule is O=c1c2sc3ncccc3c2nc(SCc2ccc(Cl)cc2)n1CCc1ccccc1. The quantitative estimate of drug-likeness (QED) is 0.222. The molecular formula is C24H18ClN3OS2. The van der Waals surface area contributed by atoms with Crippen molar-refractivity contribution in [3.05, 3.63) is 99.4 Å². The summed E-state index contributed by atoms with van der Waals surface area (Å²) in [4.78, 5) is 23.7. The molecule has 2 aromatic carbocycles. The van der Waals surface area contributed by atoms with Crippen LogP contribution in [0.4, 0.5) is 0 Å². The first-order chi connectivity index (χ1) is 15.2. The van der Waals surface area contributed by atoms with Crippen molar-refractivity contribution in [2.24, 2.45) is 0 Å². The van der Waals surface area contributed by atoms with Gasteiger partial charge in [-0.1, -0.05) is 65.8 Å². The van der Waals surface area contributed by atoms with Gasteiger partial charge in [0.1, 0.15) is 9.53 Å². The van der Waals surface area contributed by atoms with E-state index < -0.39 is 0 Å². The number of halogens is 1. The summed E-state index contributed by atoms with van der Waals surface area (Å²) in [6.07, 6.45) is 2.52. The Morgan fingerprint density at radius 1 is 0.968 bits per heavy atom. The van der Waals surface area contributed by atoms with Gasteiger partial charge < -0.3 is 0 Å². The van der Waals surface area contributed by atoms with Crippen LogP contribution in [-0.4, -0.2) is 14.5 Å². The Morgan fingerprint density at radius 3 is 2.58 bits per heavy atom. The fourth-order valence-electron chi connectivity index (χ4n) is 3.46. The van der Waals surface area contributed by atoms with E-state index in [0.29, 0.717) is 22.0 Å². The Labute approximate surface area is 192 Å². The summed E-state index contributed by atoms with van der Waals surface area (Å²) in [5, 5.41) is 2.38. The highest BCUT2D eigenvalue weighted by atomic mass is 35.5. The van der Waals surface area contributed by atoms with Gasteiger partial charge in [0, 0.05) is 28.9 Å². The van der Waals surface area contributed by atoms with Crippen LogP contribution in [0.15, 0.2) is 82.9 Å². The number of nitrogens with zero attached hydrogens (tertiary/aromatic N) is 3. The van der Waals surface area contributed by atoms with Crippen LogP contribution in [0.3, 0.4) is 0 Å². The summed E-state index contributed by atoms with van der Waals surface area (Å²) in [6.45, 7) is 0.580. The molecule has 31 heavy (non-hydrogen) atoms. The van der Waals surface area contributed by atoms with Crippen LogP contribution >= 0.6 is 34.7 Å². The zero-order chi connectivity index (χ0) is 21.2. The van der Waals surface area contributed by atoms with Crippen molar-refractivity contribution in [2.45, 2.75) is 23.9 Å². The molecule has 0 saturated heterocycles. The molecule has 3 heterocycles. The Kier molecular flexibility index (Phi) is 5.76. The summed E-state index contributed by atoms with van der Waals surface area (Å²) in [5.74, 6) is 0.709. The van der Waals surface area contributed by atoms with E-state index in [0.717, 1.165) is 32.9 Å². The summed E-state index contributed by atoms with van der Waals surface area (Å²) in [5.41, 5.74) is 3.08. The van der Waals surface area contributed by atoms with Crippen LogP contribution in [0.25, 0.3) is 20.4 Å². The van der Waals surface area contributed by atoms with Gasteiger partial charge in [-0.25, -0.2) is 9.97 Å². The van der Waals surface area contributed by atoms with Crippen molar-refractivity contribution < 1.29 is 0 Å². The number of thiophene rings is 1. The second-order valence-electron chi connectivity index (χ2n) is 7.14. The largest absolute Gasteiger partial charge is 0.286 e. The number of thioether (sulfide) groups is 1. The first-order valence-corrected chi connectivity index (χ1v) is 12.1. The van der Waals surface area contributed by atoms with E-state index in [-0.39, 0.29) is 5.56 Å². The van der Waals surface area contributed by atoms with E-state index in [9.17, 15) is 4.79 Å². The number of benzene rings is 2. The zero-order valence-corrected chi connectivity index (χ0v) is 18.9. The molecule has 5 rings (SSSR count). The maximum Gasteiger partial charge on any atom is 0.272 e. The summed E-state index contributed by atoms with van der Waals surface area (Å²) < 4.78 is 2.48. The molecule has 0 amide bonds. The lowest BCUT2D eigenvalue weighted by molar-refractivity contribution is 0.596. The smallest absolute Gasteiger partial charge is 0.272 e. The number of aryl methyl sites for hydroxylation is 1. The minimum absolute atomic E-state index is 0.00235. The number of hydrogen-bond donors (Lipinski definition) is 0. The van der Waals surface area contributed by atoms with E-state index in [1.165, 1.54) is 16.9 Å². The van der Waals surface area contributed by atoms with Crippen LogP contribution in [0.2, 0.25) is 5.02 Å². The molecule has 0 atom stereocenters. The van der Waals surface area contributed by atoms with Gasteiger partial charge in [0.25, 0.3) is 5.56 Å². The Morgan fingerprint density at radius 2 is 1.77 bits per heavy atom. The Bertz CT molecular complexity index is 1410. The lowest BCUT2D eigenvalue weighted by atomic mass is 10.1. The van der Waals surface area contributed by atoms with E-state index in [2.05, 4.69) is 17.1 Å². The van der Waals surface area contributed by atoms with Gasteiger partial charge in [0.2, 0.25) is 0 Å². The normalized spacial score (nSPS) is 11.4. The predicted molar refractivity (Wildman–Crippen MR) is 130 cm³/mol. The fourth-order valence-corrected chi connectivity index (χ4v) is 5.59. The van der Waals surface area contributed by atoms with Gasteiger partial charge in [-0.05, 0) is 41.8 Å². The molecule has 3 aromatic heterocycles. The average Bonchev–Trinajstić information content (AvgIpc) is 3.18. The van der Waals surface area contributed by atoms with Crippen LogP contribution in [0, 0.1) is 0 Å². The summed E-state index contributed by atoms with van der Waals surface area (Å²) in [7, 11) is 0. The molecule has 0 bridgehead atoms. The maximum absolute atomic E-state index is 13.5. The fraction of sp³-hybridized carbons (Fsp3) is 0.125. The van der Waals surface area contributed by atoms with Gasteiger partial charge in [-0.15, -0.1) is 11.3 Å². The monoisotopic (exact) mass is 463 g/mol. The molecule has 0 N–H and O–H groups in total. The number of fused-ring (bicyclic) bond motifs is 3. The highest BCUT2D eigenvalue weighted by Crippen LogP contribution is 2.31. The van der Waals surface area contributed by atoms with Crippen molar-refractivity contribution in [2.75, 3.05) is 0 Å². The molecule has 0 aliphatic heterocycles. The first-order valence-electron chi connectivity index (χ1n) is 9.88. The highest BCUT2D eigenvalue weighted by Gasteiger charge is 2.17. The molecule has 7 heteroatoms.